The smallest absolute Gasteiger partial charge is 0.339 e. The molecule has 0 unspecified atom stereocenters. The second kappa shape index (κ2) is 9.18. The Morgan fingerprint density at radius 1 is 1.10 bits per heavy atom. The summed E-state index contributed by atoms with van der Waals surface area (Å²) < 4.78 is 28.1. The van der Waals surface area contributed by atoms with Crippen molar-refractivity contribution in [3.63, 3.8) is 0 Å². The van der Waals surface area contributed by atoms with Crippen molar-refractivity contribution in [2.24, 2.45) is 0 Å². The van der Waals surface area contributed by atoms with Crippen molar-refractivity contribution in [1.29, 1.82) is 0 Å². The van der Waals surface area contributed by atoms with E-state index in [-0.39, 0.29) is 22.0 Å². The summed E-state index contributed by atoms with van der Waals surface area (Å²) in [7, 11) is -3.89. The zero-order valence-electron chi connectivity index (χ0n) is 17.7. The second-order valence-corrected chi connectivity index (χ2v) is 8.93. The highest BCUT2D eigenvalue weighted by molar-refractivity contribution is 7.92. The Kier molecular flexibility index (Phi) is 6.60. The van der Waals surface area contributed by atoms with Gasteiger partial charge in [-0.2, -0.15) is 0 Å². The van der Waals surface area contributed by atoms with Crippen LogP contribution < -0.4 is 9.62 Å². The van der Waals surface area contributed by atoms with E-state index in [9.17, 15) is 18.3 Å². The summed E-state index contributed by atoms with van der Waals surface area (Å²) in [6, 6.07) is 16.0. The van der Waals surface area contributed by atoms with Crippen LogP contribution in [0.2, 0.25) is 0 Å². The van der Waals surface area contributed by atoms with Gasteiger partial charge in [-0.05, 0) is 44.0 Å². The van der Waals surface area contributed by atoms with Gasteiger partial charge in [-0.3, -0.25) is 4.72 Å². The molecule has 0 radical (unpaired) electrons. The lowest BCUT2D eigenvalue weighted by Gasteiger charge is -2.24. The first-order chi connectivity index (χ1) is 14.7. The number of nitrogens with zero attached hydrogens (tertiary/aromatic N) is 2. The number of rotatable bonds is 8. The molecule has 0 saturated heterocycles. The van der Waals surface area contributed by atoms with Gasteiger partial charge in [0.1, 0.15) is 11.4 Å². The van der Waals surface area contributed by atoms with Crippen molar-refractivity contribution < 1.29 is 18.3 Å². The van der Waals surface area contributed by atoms with Crippen molar-refractivity contribution in [2.45, 2.75) is 32.2 Å². The largest absolute Gasteiger partial charge is 0.478 e. The van der Waals surface area contributed by atoms with Gasteiger partial charge in [-0.15, -0.1) is 0 Å². The van der Waals surface area contributed by atoms with Gasteiger partial charge in [0.15, 0.2) is 0 Å². The molecule has 0 spiro atoms. The summed E-state index contributed by atoms with van der Waals surface area (Å²) in [5, 5.41) is 9.75. The molecule has 0 aliphatic heterocycles. The van der Waals surface area contributed by atoms with Crippen molar-refractivity contribution >= 4 is 27.5 Å². The van der Waals surface area contributed by atoms with Crippen LogP contribution in [0, 0.1) is 13.8 Å². The first-order valence-electron chi connectivity index (χ1n) is 9.83. The van der Waals surface area contributed by atoms with E-state index in [4.69, 9.17) is 0 Å². The molecular formula is C23H25N3O4S. The number of sulfonamides is 1. The van der Waals surface area contributed by atoms with Gasteiger partial charge in [0.05, 0.1) is 16.8 Å². The van der Waals surface area contributed by atoms with E-state index in [1.807, 2.05) is 49.1 Å². The molecule has 8 heteroatoms. The molecule has 0 fully saturated rings. The van der Waals surface area contributed by atoms with E-state index in [1.54, 1.807) is 19.1 Å². The van der Waals surface area contributed by atoms with Crippen LogP contribution in [0.5, 0.6) is 0 Å². The monoisotopic (exact) mass is 439 g/mol. The number of benzene rings is 2. The number of anilines is 2. The van der Waals surface area contributed by atoms with Crippen LogP contribution in [-0.4, -0.2) is 31.0 Å². The molecule has 0 aliphatic rings. The average molecular weight is 440 g/mol. The standard InChI is InChI=1S/C23H25N3O4S/c1-4-26(15-18-8-6-5-7-9-18)22-20(23(27)28)13-19(14-24-22)25-31(29,30)21-11-10-16(2)12-17(21)3/h5-14,25H,4,15H2,1-3H3,(H,27,28). The molecular weight excluding hydrogens is 414 g/mol. The number of hydrogen-bond donors (Lipinski definition) is 2. The Morgan fingerprint density at radius 2 is 1.81 bits per heavy atom. The van der Waals surface area contributed by atoms with E-state index in [0.717, 1.165) is 11.1 Å². The maximum absolute atomic E-state index is 12.8. The lowest BCUT2D eigenvalue weighted by Crippen LogP contribution is -2.25. The van der Waals surface area contributed by atoms with Crippen molar-refractivity contribution in [3.05, 3.63) is 83.0 Å². The van der Waals surface area contributed by atoms with Crippen LogP contribution in [0.4, 0.5) is 11.5 Å². The van der Waals surface area contributed by atoms with Crippen molar-refractivity contribution in [1.82, 2.24) is 4.98 Å². The maximum Gasteiger partial charge on any atom is 0.339 e. The third-order valence-electron chi connectivity index (χ3n) is 4.87. The molecule has 0 atom stereocenters. The number of pyridine rings is 1. The quantitative estimate of drug-likeness (QED) is 0.545. The van der Waals surface area contributed by atoms with Crippen LogP contribution in [-0.2, 0) is 16.6 Å². The highest BCUT2D eigenvalue weighted by Crippen LogP contribution is 2.26. The molecule has 3 rings (SSSR count). The molecule has 7 nitrogen and oxygen atoms in total. The molecule has 3 aromatic rings. The number of aromatic nitrogens is 1. The molecule has 0 saturated carbocycles. The topological polar surface area (TPSA) is 99.6 Å². The van der Waals surface area contributed by atoms with Gasteiger partial charge in [0, 0.05) is 13.1 Å². The highest BCUT2D eigenvalue weighted by atomic mass is 32.2. The van der Waals surface area contributed by atoms with Crippen LogP contribution in [0.1, 0.15) is 34.0 Å². The molecule has 0 bridgehead atoms. The Hall–Kier alpha value is -3.39. The first-order valence-corrected chi connectivity index (χ1v) is 11.3. The normalized spacial score (nSPS) is 11.2. The first kappa shape index (κ1) is 22.3. The van der Waals surface area contributed by atoms with E-state index >= 15 is 0 Å². The Bertz CT molecular complexity index is 1190. The number of nitrogens with one attached hydrogen (secondary N) is 1. The molecule has 0 amide bonds. The fourth-order valence-electron chi connectivity index (χ4n) is 3.37. The van der Waals surface area contributed by atoms with E-state index < -0.39 is 16.0 Å². The van der Waals surface area contributed by atoms with E-state index in [1.165, 1.54) is 18.3 Å². The second-order valence-electron chi connectivity index (χ2n) is 7.27. The molecule has 1 heterocycles. The zero-order chi connectivity index (χ0) is 22.6. The van der Waals surface area contributed by atoms with Crippen LogP contribution in [0.25, 0.3) is 0 Å². The summed E-state index contributed by atoms with van der Waals surface area (Å²) in [5.41, 5.74) is 2.60. The Morgan fingerprint density at radius 3 is 2.42 bits per heavy atom. The summed E-state index contributed by atoms with van der Waals surface area (Å²) in [6.45, 7) is 6.53. The van der Waals surface area contributed by atoms with E-state index in [0.29, 0.717) is 18.7 Å². The molecule has 0 aliphatic carbocycles. The number of aromatic carboxylic acids is 1. The minimum atomic E-state index is -3.89. The van der Waals surface area contributed by atoms with Crippen LogP contribution in [0.15, 0.2) is 65.7 Å². The molecule has 2 aromatic carbocycles. The van der Waals surface area contributed by atoms with Crippen LogP contribution >= 0.6 is 0 Å². The Balaban J connectivity index is 1.93. The molecule has 2 N–H and O–H groups in total. The van der Waals surface area contributed by atoms with Gasteiger partial charge >= 0.3 is 5.97 Å². The third-order valence-corrected chi connectivity index (χ3v) is 6.41. The summed E-state index contributed by atoms with van der Waals surface area (Å²) in [4.78, 5) is 18.2. The fraction of sp³-hybridized carbons (Fsp3) is 0.217. The minimum Gasteiger partial charge on any atom is -0.478 e. The van der Waals surface area contributed by atoms with Gasteiger partial charge in [0.25, 0.3) is 10.0 Å². The molecule has 1 aromatic heterocycles. The molecule has 31 heavy (non-hydrogen) atoms. The van der Waals surface area contributed by atoms with Crippen LogP contribution in [0.3, 0.4) is 0 Å². The lowest BCUT2D eigenvalue weighted by atomic mass is 10.2. The highest BCUT2D eigenvalue weighted by Gasteiger charge is 2.21. The van der Waals surface area contributed by atoms with E-state index in [2.05, 4.69) is 9.71 Å². The summed E-state index contributed by atoms with van der Waals surface area (Å²) in [6.07, 6.45) is 1.34. The lowest BCUT2D eigenvalue weighted by molar-refractivity contribution is 0.0697. The SMILES string of the molecule is CCN(Cc1ccccc1)c1ncc(NS(=O)(=O)c2ccc(C)cc2C)cc1C(=O)O. The summed E-state index contributed by atoms with van der Waals surface area (Å²) >= 11 is 0. The predicted octanol–water partition coefficient (Wildman–Crippen LogP) is 4.22. The maximum atomic E-state index is 12.8. The zero-order valence-corrected chi connectivity index (χ0v) is 18.5. The van der Waals surface area contributed by atoms with Gasteiger partial charge in [-0.1, -0.05) is 48.0 Å². The van der Waals surface area contributed by atoms with Gasteiger partial charge < -0.3 is 10.0 Å². The average Bonchev–Trinajstić information content (AvgIpc) is 2.72. The number of carboxylic acids is 1. The Labute approximate surface area is 182 Å². The number of aryl methyl sites for hydroxylation is 2. The third kappa shape index (κ3) is 5.21. The minimum absolute atomic E-state index is 0.0707. The number of carboxylic acid groups (broad SMARTS) is 1. The number of carbonyl (C=O) groups is 1. The van der Waals surface area contributed by atoms with Gasteiger partial charge in [-0.25, -0.2) is 18.2 Å². The summed E-state index contributed by atoms with van der Waals surface area (Å²) in [5.74, 6) is -0.894. The van der Waals surface area contributed by atoms with Gasteiger partial charge in [0.2, 0.25) is 0 Å². The predicted molar refractivity (Wildman–Crippen MR) is 121 cm³/mol. The number of hydrogen-bond acceptors (Lipinski definition) is 5. The fourth-order valence-corrected chi connectivity index (χ4v) is 4.64. The van der Waals surface area contributed by atoms with Crippen molar-refractivity contribution in [3.8, 4) is 0 Å². The van der Waals surface area contributed by atoms with Crippen molar-refractivity contribution in [2.75, 3.05) is 16.2 Å². The molecule has 162 valence electrons.